The molecule has 3 N–H and O–H groups in total. The molecule has 0 radical (unpaired) electrons. The summed E-state index contributed by atoms with van der Waals surface area (Å²) < 4.78 is 0. The minimum absolute atomic E-state index is 0. The molecular weight excluding hydrogens is 284 g/mol. The van der Waals surface area contributed by atoms with E-state index in [9.17, 15) is 4.79 Å². The molecule has 2 rings (SSSR count). The van der Waals surface area contributed by atoms with Crippen molar-refractivity contribution in [3.63, 3.8) is 0 Å². The summed E-state index contributed by atoms with van der Waals surface area (Å²) in [6.45, 7) is 6.71. The molecule has 0 aliphatic heterocycles. The topological polar surface area (TPSA) is 55.1 Å². The fourth-order valence-corrected chi connectivity index (χ4v) is 2.94. The average Bonchev–Trinajstić information content (AvgIpc) is 3.17. The highest BCUT2D eigenvalue weighted by Gasteiger charge is 2.45. The zero-order valence-electron chi connectivity index (χ0n) is 13.2. The van der Waals surface area contributed by atoms with E-state index in [0.717, 1.165) is 25.7 Å². The van der Waals surface area contributed by atoms with Crippen LogP contribution in [-0.4, -0.2) is 18.0 Å². The number of rotatable bonds is 6. The van der Waals surface area contributed by atoms with Gasteiger partial charge in [-0.2, -0.15) is 0 Å². The molecule has 3 nitrogen and oxygen atoms in total. The summed E-state index contributed by atoms with van der Waals surface area (Å²) >= 11 is 0. The molecule has 4 heteroatoms. The summed E-state index contributed by atoms with van der Waals surface area (Å²) in [4.78, 5) is 12.2. The second-order valence-corrected chi connectivity index (χ2v) is 6.45. The van der Waals surface area contributed by atoms with Crippen molar-refractivity contribution in [1.29, 1.82) is 0 Å². The van der Waals surface area contributed by atoms with E-state index in [-0.39, 0.29) is 23.7 Å². The minimum Gasteiger partial charge on any atom is -0.354 e. The molecule has 1 aromatic carbocycles. The van der Waals surface area contributed by atoms with Crippen LogP contribution in [0.4, 0.5) is 0 Å². The van der Waals surface area contributed by atoms with Crippen molar-refractivity contribution in [2.45, 2.75) is 57.4 Å². The molecule has 118 valence electrons. The lowest BCUT2D eigenvalue weighted by Gasteiger charge is -2.25. The van der Waals surface area contributed by atoms with Crippen LogP contribution in [0.1, 0.15) is 50.7 Å². The van der Waals surface area contributed by atoms with Crippen LogP contribution in [0.2, 0.25) is 0 Å². The Morgan fingerprint density at radius 1 is 1.38 bits per heavy atom. The standard InChI is InChI=1S/C17H26N2O.ClH/c1-4-9-16(3,18)15(20)19-12-17(10-11-17)14-8-6-5-7-13(14)2;/h5-8H,4,9-12,18H2,1-3H3,(H,19,20);1H. The van der Waals surface area contributed by atoms with Gasteiger partial charge in [-0.1, -0.05) is 37.6 Å². The Labute approximate surface area is 134 Å². The summed E-state index contributed by atoms with van der Waals surface area (Å²) in [5, 5.41) is 3.07. The normalized spacial score (nSPS) is 18.3. The van der Waals surface area contributed by atoms with E-state index in [4.69, 9.17) is 5.73 Å². The first kappa shape index (κ1) is 18.0. The smallest absolute Gasteiger partial charge is 0.239 e. The lowest BCUT2D eigenvalue weighted by Crippen LogP contribution is -2.52. The van der Waals surface area contributed by atoms with E-state index in [1.165, 1.54) is 11.1 Å². The maximum absolute atomic E-state index is 12.2. The molecule has 0 bridgehead atoms. The van der Waals surface area contributed by atoms with Crippen LogP contribution in [-0.2, 0) is 10.2 Å². The Balaban J connectivity index is 0.00000220. The van der Waals surface area contributed by atoms with E-state index in [0.29, 0.717) is 6.54 Å². The van der Waals surface area contributed by atoms with Crippen molar-refractivity contribution in [3.8, 4) is 0 Å². The van der Waals surface area contributed by atoms with Gasteiger partial charge in [0.2, 0.25) is 5.91 Å². The van der Waals surface area contributed by atoms with Gasteiger partial charge in [-0.15, -0.1) is 12.4 Å². The van der Waals surface area contributed by atoms with Gasteiger partial charge in [-0.3, -0.25) is 4.79 Å². The van der Waals surface area contributed by atoms with E-state index in [1.54, 1.807) is 0 Å². The van der Waals surface area contributed by atoms with Gasteiger partial charge in [0, 0.05) is 12.0 Å². The third-order valence-corrected chi connectivity index (χ3v) is 4.45. The van der Waals surface area contributed by atoms with Gasteiger partial charge in [0.05, 0.1) is 5.54 Å². The van der Waals surface area contributed by atoms with E-state index < -0.39 is 5.54 Å². The first-order chi connectivity index (χ1) is 9.41. The van der Waals surface area contributed by atoms with Gasteiger partial charge in [-0.25, -0.2) is 0 Å². The molecule has 0 heterocycles. The number of halogens is 1. The first-order valence-electron chi connectivity index (χ1n) is 7.55. The maximum Gasteiger partial charge on any atom is 0.239 e. The molecule has 0 saturated heterocycles. The molecule has 1 fully saturated rings. The molecule has 1 amide bonds. The van der Waals surface area contributed by atoms with Crippen molar-refractivity contribution in [3.05, 3.63) is 35.4 Å². The summed E-state index contributed by atoms with van der Waals surface area (Å²) in [6, 6.07) is 8.46. The summed E-state index contributed by atoms with van der Waals surface area (Å²) in [5.74, 6) is -0.0285. The number of carbonyl (C=O) groups excluding carboxylic acids is 1. The Morgan fingerprint density at radius 2 is 2.00 bits per heavy atom. The average molecular weight is 311 g/mol. The van der Waals surface area contributed by atoms with E-state index in [2.05, 4.69) is 36.5 Å². The van der Waals surface area contributed by atoms with Crippen molar-refractivity contribution >= 4 is 18.3 Å². The fraction of sp³-hybridized carbons (Fsp3) is 0.588. The van der Waals surface area contributed by atoms with Crippen molar-refractivity contribution in [2.75, 3.05) is 6.54 Å². The number of amides is 1. The lowest BCUT2D eigenvalue weighted by atomic mass is 9.91. The van der Waals surface area contributed by atoms with Gasteiger partial charge in [0.25, 0.3) is 0 Å². The largest absolute Gasteiger partial charge is 0.354 e. The van der Waals surface area contributed by atoms with E-state index >= 15 is 0 Å². The van der Waals surface area contributed by atoms with Crippen molar-refractivity contribution < 1.29 is 4.79 Å². The monoisotopic (exact) mass is 310 g/mol. The lowest BCUT2D eigenvalue weighted by molar-refractivity contribution is -0.126. The summed E-state index contributed by atoms with van der Waals surface area (Å²) in [6.07, 6.45) is 3.93. The van der Waals surface area contributed by atoms with Crippen LogP contribution >= 0.6 is 12.4 Å². The molecule has 1 saturated carbocycles. The molecule has 1 aliphatic carbocycles. The number of hydrogen-bond acceptors (Lipinski definition) is 2. The maximum atomic E-state index is 12.2. The second-order valence-electron chi connectivity index (χ2n) is 6.45. The number of benzene rings is 1. The Hall–Kier alpha value is -1.06. The third kappa shape index (κ3) is 3.98. The quantitative estimate of drug-likeness (QED) is 0.848. The van der Waals surface area contributed by atoms with Crippen molar-refractivity contribution in [1.82, 2.24) is 5.32 Å². The predicted octanol–water partition coefficient (Wildman–Crippen LogP) is 3.08. The molecule has 0 spiro atoms. The zero-order valence-corrected chi connectivity index (χ0v) is 14.1. The second kappa shape index (κ2) is 6.80. The van der Waals surface area contributed by atoms with Crippen LogP contribution in [0.25, 0.3) is 0 Å². The Kier molecular flexibility index (Phi) is 5.83. The fourth-order valence-electron chi connectivity index (χ4n) is 2.94. The number of aryl methyl sites for hydroxylation is 1. The van der Waals surface area contributed by atoms with Crippen LogP contribution in [0, 0.1) is 6.92 Å². The predicted molar refractivity (Wildman–Crippen MR) is 89.8 cm³/mol. The molecule has 1 unspecified atom stereocenters. The first-order valence-corrected chi connectivity index (χ1v) is 7.55. The molecule has 1 aliphatic rings. The highest BCUT2D eigenvalue weighted by molar-refractivity contribution is 5.85. The molecule has 1 atom stereocenters. The number of carbonyl (C=O) groups is 1. The summed E-state index contributed by atoms with van der Waals surface area (Å²) in [7, 11) is 0. The molecular formula is C17H27ClN2O. The van der Waals surface area contributed by atoms with Gasteiger partial charge >= 0.3 is 0 Å². The Bertz CT molecular complexity index is 495. The van der Waals surface area contributed by atoms with Crippen LogP contribution in [0.3, 0.4) is 0 Å². The number of nitrogens with two attached hydrogens (primary N) is 1. The van der Waals surface area contributed by atoms with Gasteiger partial charge in [0.1, 0.15) is 0 Å². The van der Waals surface area contributed by atoms with Gasteiger partial charge in [-0.05, 0) is 44.2 Å². The highest BCUT2D eigenvalue weighted by atomic mass is 35.5. The molecule has 0 aromatic heterocycles. The third-order valence-electron chi connectivity index (χ3n) is 4.45. The van der Waals surface area contributed by atoms with Crippen molar-refractivity contribution in [2.24, 2.45) is 5.73 Å². The summed E-state index contributed by atoms with van der Waals surface area (Å²) in [5.41, 5.74) is 8.14. The minimum atomic E-state index is -0.753. The Morgan fingerprint density at radius 3 is 2.52 bits per heavy atom. The van der Waals surface area contributed by atoms with E-state index in [1.807, 2.05) is 13.8 Å². The SMILES string of the molecule is CCCC(C)(N)C(=O)NCC1(c2ccccc2C)CC1.Cl. The molecule has 1 aromatic rings. The van der Waals surface area contributed by atoms with Crippen LogP contribution in [0.5, 0.6) is 0 Å². The number of hydrogen-bond donors (Lipinski definition) is 2. The van der Waals surface area contributed by atoms with Gasteiger partial charge < -0.3 is 11.1 Å². The van der Waals surface area contributed by atoms with Gasteiger partial charge in [0.15, 0.2) is 0 Å². The molecule has 21 heavy (non-hydrogen) atoms. The van der Waals surface area contributed by atoms with Crippen LogP contribution in [0.15, 0.2) is 24.3 Å². The number of nitrogens with one attached hydrogen (secondary N) is 1. The van der Waals surface area contributed by atoms with Crippen LogP contribution < -0.4 is 11.1 Å². The highest BCUT2D eigenvalue weighted by Crippen LogP contribution is 2.48. The zero-order chi connectivity index (χ0) is 14.8.